The van der Waals surface area contributed by atoms with E-state index in [0.717, 1.165) is 12.8 Å². The van der Waals surface area contributed by atoms with Gasteiger partial charge in [-0.2, -0.15) is 0 Å². The van der Waals surface area contributed by atoms with Crippen LogP contribution in [-0.4, -0.2) is 40.9 Å². The SMILES string of the molecule is O=C(O)c1ccc(C(=O)N(CC(F)F)C2CC2)cc1. The minimum atomic E-state index is -2.57. The fraction of sp³-hybridized carbons (Fsp3) is 0.385. The van der Waals surface area contributed by atoms with E-state index >= 15 is 0 Å². The summed E-state index contributed by atoms with van der Waals surface area (Å²) in [5, 5.41) is 8.75. The van der Waals surface area contributed by atoms with Gasteiger partial charge in [-0.15, -0.1) is 0 Å². The van der Waals surface area contributed by atoms with Crippen LogP contribution in [0.1, 0.15) is 33.6 Å². The van der Waals surface area contributed by atoms with Gasteiger partial charge in [-0.3, -0.25) is 4.79 Å². The molecule has 0 radical (unpaired) electrons. The molecule has 0 aromatic heterocycles. The zero-order valence-electron chi connectivity index (χ0n) is 10.1. The van der Waals surface area contributed by atoms with Crippen LogP contribution in [0.15, 0.2) is 24.3 Å². The van der Waals surface area contributed by atoms with Gasteiger partial charge in [-0.1, -0.05) is 0 Å². The van der Waals surface area contributed by atoms with E-state index in [1.165, 1.54) is 29.2 Å². The minimum Gasteiger partial charge on any atom is -0.478 e. The number of hydrogen-bond donors (Lipinski definition) is 1. The maximum absolute atomic E-state index is 12.4. The summed E-state index contributed by atoms with van der Waals surface area (Å²) in [6.45, 7) is -0.579. The predicted octanol–water partition coefficient (Wildman–Crippen LogP) is 2.25. The summed E-state index contributed by atoms with van der Waals surface area (Å²) in [5.41, 5.74) is 0.293. The largest absolute Gasteiger partial charge is 0.478 e. The summed E-state index contributed by atoms with van der Waals surface area (Å²) in [6.07, 6.45) is -1.08. The lowest BCUT2D eigenvalue weighted by Crippen LogP contribution is -2.36. The highest BCUT2D eigenvalue weighted by molar-refractivity contribution is 5.96. The number of carbonyl (C=O) groups excluding carboxylic acids is 1. The Morgan fingerprint density at radius 3 is 2.16 bits per heavy atom. The summed E-state index contributed by atoms with van der Waals surface area (Å²) in [4.78, 5) is 23.9. The molecule has 0 saturated heterocycles. The molecule has 0 bridgehead atoms. The third-order valence-electron chi connectivity index (χ3n) is 2.96. The van der Waals surface area contributed by atoms with E-state index in [2.05, 4.69) is 0 Å². The Kier molecular flexibility index (Phi) is 3.78. The maximum Gasteiger partial charge on any atom is 0.335 e. The summed E-state index contributed by atoms with van der Waals surface area (Å²) in [6, 6.07) is 5.19. The van der Waals surface area contributed by atoms with Gasteiger partial charge in [0, 0.05) is 11.6 Å². The second-order valence-corrected chi connectivity index (χ2v) is 4.46. The number of benzene rings is 1. The number of nitrogens with zero attached hydrogens (tertiary/aromatic N) is 1. The molecule has 1 aromatic carbocycles. The third-order valence-corrected chi connectivity index (χ3v) is 2.96. The summed E-state index contributed by atoms with van der Waals surface area (Å²) < 4.78 is 24.9. The lowest BCUT2D eigenvalue weighted by molar-refractivity contribution is 0.0534. The number of hydrogen-bond acceptors (Lipinski definition) is 2. The van der Waals surface area contributed by atoms with Crippen LogP contribution >= 0.6 is 0 Å². The van der Waals surface area contributed by atoms with Gasteiger partial charge in [0.2, 0.25) is 0 Å². The molecule has 0 unspecified atom stereocenters. The van der Waals surface area contributed by atoms with Crippen molar-refractivity contribution < 1.29 is 23.5 Å². The Bertz CT molecular complexity index is 483. The number of aromatic carboxylic acids is 1. The van der Waals surface area contributed by atoms with Crippen LogP contribution in [0.25, 0.3) is 0 Å². The molecule has 4 nitrogen and oxygen atoms in total. The third kappa shape index (κ3) is 3.27. The molecule has 1 saturated carbocycles. The van der Waals surface area contributed by atoms with Gasteiger partial charge in [0.05, 0.1) is 12.1 Å². The van der Waals surface area contributed by atoms with Gasteiger partial charge < -0.3 is 10.0 Å². The van der Waals surface area contributed by atoms with Gasteiger partial charge in [0.15, 0.2) is 0 Å². The van der Waals surface area contributed by atoms with Crippen molar-refractivity contribution in [2.24, 2.45) is 0 Å². The topological polar surface area (TPSA) is 57.6 Å². The molecule has 19 heavy (non-hydrogen) atoms. The molecule has 1 fully saturated rings. The van der Waals surface area contributed by atoms with Crippen molar-refractivity contribution >= 4 is 11.9 Å². The Morgan fingerprint density at radius 2 is 1.74 bits per heavy atom. The van der Waals surface area contributed by atoms with Crippen molar-refractivity contribution in [2.75, 3.05) is 6.54 Å². The Morgan fingerprint density at radius 1 is 1.21 bits per heavy atom. The summed E-state index contributed by atoms with van der Waals surface area (Å²) >= 11 is 0. The van der Waals surface area contributed by atoms with Crippen molar-refractivity contribution in [3.63, 3.8) is 0 Å². The second-order valence-electron chi connectivity index (χ2n) is 4.46. The average molecular weight is 269 g/mol. The molecule has 1 aliphatic carbocycles. The highest BCUT2D eigenvalue weighted by atomic mass is 19.3. The quantitative estimate of drug-likeness (QED) is 0.892. The molecule has 0 spiro atoms. The molecule has 1 N–H and O–H groups in total. The van der Waals surface area contributed by atoms with Gasteiger partial charge >= 0.3 is 5.97 Å². The molecule has 102 valence electrons. The lowest BCUT2D eigenvalue weighted by Gasteiger charge is -2.22. The first-order valence-corrected chi connectivity index (χ1v) is 5.91. The molecule has 1 aromatic rings. The van der Waals surface area contributed by atoms with Gasteiger partial charge in [0.1, 0.15) is 0 Å². The molecule has 0 heterocycles. The predicted molar refractivity (Wildman–Crippen MR) is 63.5 cm³/mol. The molecule has 1 aliphatic rings. The Labute approximate surface area is 108 Å². The molecule has 1 amide bonds. The number of carboxylic acids is 1. The van der Waals surface area contributed by atoms with E-state index in [1.54, 1.807) is 0 Å². The molecule has 0 aliphatic heterocycles. The number of rotatable bonds is 5. The van der Waals surface area contributed by atoms with Crippen molar-refractivity contribution in [1.82, 2.24) is 4.90 Å². The van der Waals surface area contributed by atoms with Crippen LogP contribution in [0.2, 0.25) is 0 Å². The van der Waals surface area contributed by atoms with Crippen LogP contribution in [0, 0.1) is 0 Å². The monoisotopic (exact) mass is 269 g/mol. The zero-order valence-corrected chi connectivity index (χ0v) is 10.1. The first kappa shape index (κ1) is 13.5. The van der Waals surface area contributed by atoms with E-state index < -0.39 is 24.8 Å². The Balaban J connectivity index is 2.14. The van der Waals surface area contributed by atoms with Gasteiger partial charge in [0.25, 0.3) is 12.3 Å². The molecule has 2 rings (SSSR count). The highest BCUT2D eigenvalue weighted by Gasteiger charge is 2.34. The van der Waals surface area contributed by atoms with Crippen molar-refractivity contribution in [2.45, 2.75) is 25.3 Å². The average Bonchev–Trinajstić information content (AvgIpc) is 3.19. The van der Waals surface area contributed by atoms with Crippen molar-refractivity contribution in [3.05, 3.63) is 35.4 Å². The van der Waals surface area contributed by atoms with Crippen LogP contribution in [0.3, 0.4) is 0 Å². The Hall–Kier alpha value is -1.98. The first-order valence-electron chi connectivity index (χ1n) is 5.91. The first-order chi connectivity index (χ1) is 8.99. The smallest absolute Gasteiger partial charge is 0.335 e. The van der Waals surface area contributed by atoms with Crippen LogP contribution in [-0.2, 0) is 0 Å². The minimum absolute atomic E-state index is 0.0587. The second kappa shape index (κ2) is 5.34. The van der Waals surface area contributed by atoms with E-state index in [4.69, 9.17) is 5.11 Å². The molecular formula is C13H13F2NO3. The normalized spacial score (nSPS) is 14.5. The lowest BCUT2D eigenvalue weighted by atomic mass is 10.1. The number of carbonyl (C=O) groups is 2. The van der Waals surface area contributed by atoms with E-state index in [1.807, 2.05) is 0 Å². The standard InChI is InChI=1S/C13H13F2NO3/c14-11(15)7-16(10-5-6-10)12(17)8-1-3-9(4-2-8)13(18)19/h1-4,10-11H,5-7H2,(H,18,19). The fourth-order valence-electron chi connectivity index (χ4n) is 1.85. The summed E-state index contributed by atoms with van der Waals surface area (Å²) in [5.74, 6) is -1.56. The highest BCUT2D eigenvalue weighted by Crippen LogP contribution is 2.28. The number of amides is 1. The van der Waals surface area contributed by atoms with Gasteiger partial charge in [-0.25, -0.2) is 13.6 Å². The maximum atomic E-state index is 12.4. The number of alkyl halides is 2. The van der Waals surface area contributed by atoms with Crippen LogP contribution in [0.4, 0.5) is 8.78 Å². The van der Waals surface area contributed by atoms with Crippen LogP contribution < -0.4 is 0 Å². The molecule has 0 atom stereocenters. The van der Waals surface area contributed by atoms with Crippen molar-refractivity contribution in [3.8, 4) is 0 Å². The van der Waals surface area contributed by atoms with Gasteiger partial charge in [-0.05, 0) is 37.1 Å². The van der Waals surface area contributed by atoms with E-state index in [-0.39, 0.29) is 17.2 Å². The van der Waals surface area contributed by atoms with E-state index in [9.17, 15) is 18.4 Å². The molecule has 6 heteroatoms. The fourth-order valence-corrected chi connectivity index (χ4v) is 1.85. The zero-order chi connectivity index (χ0) is 14.0. The number of halogens is 2. The van der Waals surface area contributed by atoms with Crippen molar-refractivity contribution in [1.29, 1.82) is 0 Å². The number of carboxylic acid groups (broad SMARTS) is 1. The van der Waals surface area contributed by atoms with E-state index in [0.29, 0.717) is 0 Å². The molecular weight excluding hydrogens is 256 g/mol. The van der Waals surface area contributed by atoms with Crippen LogP contribution in [0.5, 0.6) is 0 Å². The summed E-state index contributed by atoms with van der Waals surface area (Å²) in [7, 11) is 0.